The highest BCUT2D eigenvalue weighted by molar-refractivity contribution is 6.31. The normalized spacial score (nSPS) is 11.6. The Bertz CT molecular complexity index is 684. The minimum absolute atomic E-state index is 0.244. The molecule has 134 valence electrons. The predicted molar refractivity (Wildman–Crippen MR) is 105 cm³/mol. The summed E-state index contributed by atoms with van der Waals surface area (Å²) in [4.78, 5) is 4.25. The topological polar surface area (TPSA) is 45.7 Å². The monoisotopic (exact) mass is 359 g/mol. The van der Waals surface area contributed by atoms with Crippen molar-refractivity contribution in [3.63, 3.8) is 0 Å². The van der Waals surface area contributed by atoms with E-state index in [4.69, 9.17) is 16.3 Å². The molecule has 0 aliphatic rings. The van der Waals surface area contributed by atoms with E-state index in [-0.39, 0.29) is 6.10 Å². The van der Waals surface area contributed by atoms with Crippen LogP contribution in [0.5, 0.6) is 0 Å². The molecule has 0 spiro atoms. The number of halogens is 1. The van der Waals surface area contributed by atoms with Gasteiger partial charge in [-0.05, 0) is 36.6 Å². The van der Waals surface area contributed by atoms with E-state index in [1.54, 1.807) is 7.05 Å². The molecule has 5 heteroatoms. The van der Waals surface area contributed by atoms with E-state index in [0.717, 1.165) is 16.5 Å². The van der Waals surface area contributed by atoms with Gasteiger partial charge in [-0.1, -0.05) is 54.1 Å². The second-order valence-electron chi connectivity index (χ2n) is 6.05. The Kier molecular flexibility index (Phi) is 7.76. The van der Waals surface area contributed by atoms with Gasteiger partial charge in [-0.2, -0.15) is 0 Å². The number of hydrogen-bond acceptors (Lipinski definition) is 2. The van der Waals surface area contributed by atoms with Crippen LogP contribution in [0.1, 0.15) is 30.5 Å². The maximum Gasteiger partial charge on any atom is 0.191 e. The maximum atomic E-state index is 6.17. The molecular weight excluding hydrogens is 334 g/mol. The fourth-order valence-electron chi connectivity index (χ4n) is 2.24. The maximum absolute atomic E-state index is 6.17. The predicted octanol–water partition coefficient (Wildman–Crippen LogP) is 4.13. The van der Waals surface area contributed by atoms with E-state index < -0.39 is 0 Å². The Morgan fingerprint density at radius 2 is 1.64 bits per heavy atom. The molecule has 0 saturated carbocycles. The van der Waals surface area contributed by atoms with Gasteiger partial charge in [0.2, 0.25) is 0 Å². The molecule has 0 saturated heterocycles. The van der Waals surface area contributed by atoms with Crippen LogP contribution in [0.4, 0.5) is 0 Å². The van der Waals surface area contributed by atoms with Gasteiger partial charge in [0.15, 0.2) is 5.96 Å². The number of nitrogens with one attached hydrogen (secondary N) is 2. The second kappa shape index (κ2) is 10.1. The first-order valence-electron chi connectivity index (χ1n) is 8.46. The summed E-state index contributed by atoms with van der Waals surface area (Å²) in [6, 6.07) is 16.2. The summed E-state index contributed by atoms with van der Waals surface area (Å²) in [5, 5.41) is 7.34. The van der Waals surface area contributed by atoms with Gasteiger partial charge in [0.25, 0.3) is 0 Å². The van der Waals surface area contributed by atoms with Gasteiger partial charge in [-0.15, -0.1) is 0 Å². The van der Waals surface area contributed by atoms with Crippen LogP contribution < -0.4 is 10.6 Å². The van der Waals surface area contributed by atoms with Crippen molar-refractivity contribution in [2.24, 2.45) is 4.99 Å². The second-order valence-corrected chi connectivity index (χ2v) is 6.45. The number of aliphatic imine (C=N–C) groups is 1. The molecule has 25 heavy (non-hydrogen) atoms. The zero-order valence-electron chi connectivity index (χ0n) is 15.1. The molecule has 0 unspecified atom stereocenters. The molecule has 0 amide bonds. The van der Waals surface area contributed by atoms with Crippen molar-refractivity contribution in [1.29, 1.82) is 0 Å². The molecule has 0 fully saturated rings. The van der Waals surface area contributed by atoms with Crippen LogP contribution in [0.15, 0.2) is 53.5 Å². The first kappa shape index (κ1) is 19.3. The average molecular weight is 360 g/mol. The lowest BCUT2D eigenvalue weighted by atomic mass is 10.1. The highest BCUT2D eigenvalue weighted by atomic mass is 35.5. The Balaban J connectivity index is 1.81. The summed E-state index contributed by atoms with van der Waals surface area (Å²) in [6.45, 7) is 6.06. The lowest BCUT2D eigenvalue weighted by Crippen LogP contribution is -2.36. The van der Waals surface area contributed by atoms with Crippen LogP contribution in [0.25, 0.3) is 0 Å². The summed E-state index contributed by atoms with van der Waals surface area (Å²) in [5.41, 5.74) is 3.41. The van der Waals surface area contributed by atoms with Gasteiger partial charge < -0.3 is 15.4 Å². The van der Waals surface area contributed by atoms with Crippen molar-refractivity contribution in [1.82, 2.24) is 10.6 Å². The first-order chi connectivity index (χ1) is 12.1. The summed E-state index contributed by atoms with van der Waals surface area (Å²) >= 11 is 6.17. The van der Waals surface area contributed by atoms with Gasteiger partial charge in [-0.25, -0.2) is 0 Å². The summed E-state index contributed by atoms with van der Waals surface area (Å²) in [5.74, 6) is 0.743. The number of guanidine groups is 1. The Labute approximate surface area is 155 Å². The molecule has 2 rings (SSSR count). The number of ether oxygens (including phenoxy) is 1. The van der Waals surface area contributed by atoms with E-state index in [2.05, 4.69) is 39.9 Å². The van der Waals surface area contributed by atoms with Gasteiger partial charge in [0, 0.05) is 25.2 Å². The SMILES string of the molecule is CN=C(NCc1ccc(COC(C)C)cc1)NCc1ccccc1Cl. The number of rotatable bonds is 7. The molecule has 2 aromatic rings. The minimum Gasteiger partial charge on any atom is -0.374 e. The van der Waals surface area contributed by atoms with Crippen LogP contribution in [0.3, 0.4) is 0 Å². The Hall–Kier alpha value is -2.04. The molecule has 4 nitrogen and oxygen atoms in total. The summed E-state index contributed by atoms with van der Waals surface area (Å²) in [6.07, 6.45) is 0.244. The molecule has 0 aliphatic carbocycles. The quantitative estimate of drug-likeness (QED) is 0.577. The average Bonchev–Trinajstić information content (AvgIpc) is 2.62. The standard InChI is InChI=1S/C20H26ClN3O/c1-15(2)25-14-17-10-8-16(9-11-17)12-23-20(22-3)24-13-18-6-4-5-7-19(18)21/h4-11,15H,12-14H2,1-3H3,(H2,22,23,24). The van der Waals surface area contributed by atoms with Crippen molar-refractivity contribution in [2.75, 3.05) is 7.05 Å². The van der Waals surface area contributed by atoms with Crippen molar-refractivity contribution < 1.29 is 4.74 Å². The molecule has 0 atom stereocenters. The van der Waals surface area contributed by atoms with Crippen molar-refractivity contribution in [2.45, 2.75) is 39.6 Å². The number of nitrogens with zero attached hydrogens (tertiary/aromatic N) is 1. The molecular formula is C20H26ClN3O. The fourth-order valence-corrected chi connectivity index (χ4v) is 2.45. The zero-order chi connectivity index (χ0) is 18.1. The van der Waals surface area contributed by atoms with E-state index in [1.165, 1.54) is 11.1 Å². The third kappa shape index (κ3) is 6.77. The first-order valence-corrected chi connectivity index (χ1v) is 8.83. The highest BCUT2D eigenvalue weighted by Crippen LogP contribution is 2.14. The van der Waals surface area contributed by atoms with Gasteiger partial charge in [0.05, 0.1) is 12.7 Å². The molecule has 0 aromatic heterocycles. The van der Waals surface area contributed by atoms with Crippen LogP contribution in [0, 0.1) is 0 Å². The lowest BCUT2D eigenvalue weighted by Gasteiger charge is -2.13. The zero-order valence-corrected chi connectivity index (χ0v) is 15.8. The van der Waals surface area contributed by atoms with Crippen molar-refractivity contribution >= 4 is 17.6 Å². The van der Waals surface area contributed by atoms with E-state index in [9.17, 15) is 0 Å². The molecule has 0 bridgehead atoms. The van der Waals surface area contributed by atoms with E-state index >= 15 is 0 Å². The van der Waals surface area contributed by atoms with Crippen molar-refractivity contribution in [3.05, 3.63) is 70.2 Å². The summed E-state index contributed by atoms with van der Waals surface area (Å²) in [7, 11) is 1.76. The molecule has 2 aromatic carbocycles. The lowest BCUT2D eigenvalue weighted by molar-refractivity contribution is 0.0657. The Morgan fingerprint density at radius 3 is 2.28 bits per heavy atom. The smallest absolute Gasteiger partial charge is 0.191 e. The van der Waals surface area contributed by atoms with Gasteiger partial charge >= 0.3 is 0 Å². The van der Waals surface area contributed by atoms with Crippen molar-refractivity contribution in [3.8, 4) is 0 Å². The minimum atomic E-state index is 0.244. The number of benzene rings is 2. The van der Waals surface area contributed by atoms with E-state index in [0.29, 0.717) is 19.7 Å². The van der Waals surface area contributed by atoms with Crippen LogP contribution in [-0.2, 0) is 24.4 Å². The summed E-state index contributed by atoms with van der Waals surface area (Å²) < 4.78 is 5.61. The molecule has 0 heterocycles. The highest BCUT2D eigenvalue weighted by Gasteiger charge is 2.02. The van der Waals surface area contributed by atoms with Gasteiger partial charge in [0.1, 0.15) is 0 Å². The van der Waals surface area contributed by atoms with E-state index in [1.807, 2.05) is 38.1 Å². The Morgan fingerprint density at radius 1 is 1.00 bits per heavy atom. The van der Waals surface area contributed by atoms with Crippen LogP contribution in [-0.4, -0.2) is 19.1 Å². The third-order valence-corrected chi connectivity index (χ3v) is 4.06. The number of hydrogen-bond donors (Lipinski definition) is 2. The molecule has 2 N–H and O–H groups in total. The fraction of sp³-hybridized carbons (Fsp3) is 0.350. The third-order valence-electron chi connectivity index (χ3n) is 3.69. The molecule has 0 aliphatic heterocycles. The molecule has 0 radical (unpaired) electrons. The largest absolute Gasteiger partial charge is 0.374 e. The van der Waals surface area contributed by atoms with Crippen LogP contribution in [0.2, 0.25) is 5.02 Å². The van der Waals surface area contributed by atoms with Crippen LogP contribution >= 0.6 is 11.6 Å². The van der Waals surface area contributed by atoms with Gasteiger partial charge in [-0.3, -0.25) is 4.99 Å².